The Kier molecular flexibility index (Phi) is 10.5. The molecule has 0 aliphatic heterocycles. The zero-order valence-electron chi connectivity index (χ0n) is 24.7. The van der Waals surface area contributed by atoms with Crippen LogP contribution in [0.3, 0.4) is 0 Å². The zero-order chi connectivity index (χ0) is 31.7. The monoisotopic (exact) mass is 610 g/mol. The van der Waals surface area contributed by atoms with E-state index in [4.69, 9.17) is 9.47 Å². The lowest BCUT2D eigenvalue weighted by molar-refractivity contribution is -0.137. The molecule has 14 heteroatoms. The van der Waals surface area contributed by atoms with Crippen molar-refractivity contribution in [3.05, 3.63) is 72.2 Å². The number of nitrogens with one attached hydrogen (secondary N) is 3. The molecule has 0 fully saturated rings. The fourth-order valence-corrected chi connectivity index (χ4v) is 4.17. The van der Waals surface area contributed by atoms with Gasteiger partial charge in [-0.2, -0.15) is 18.2 Å². The summed E-state index contributed by atoms with van der Waals surface area (Å²) in [5.41, 5.74) is -0.0441. The average Bonchev–Trinajstić information content (AvgIpc) is 3.01. The number of aromatic nitrogens is 4. The van der Waals surface area contributed by atoms with Crippen molar-refractivity contribution in [3.63, 3.8) is 0 Å². The third kappa shape index (κ3) is 8.31. The normalized spacial score (nSPS) is 11.3. The summed E-state index contributed by atoms with van der Waals surface area (Å²) in [5, 5.41) is 8.60. The van der Waals surface area contributed by atoms with Crippen LogP contribution in [-0.2, 0) is 6.18 Å². The third-order valence-corrected chi connectivity index (χ3v) is 6.38. The quantitative estimate of drug-likeness (QED) is 0.160. The van der Waals surface area contributed by atoms with E-state index >= 15 is 0 Å². The van der Waals surface area contributed by atoms with Gasteiger partial charge in [0.15, 0.2) is 5.82 Å². The molecule has 3 N–H and O–H groups in total. The molecule has 0 aliphatic carbocycles. The molecule has 0 atom stereocenters. The van der Waals surface area contributed by atoms with Crippen LogP contribution in [0.1, 0.15) is 28.8 Å². The van der Waals surface area contributed by atoms with Crippen LogP contribution in [0, 0.1) is 0 Å². The molecule has 0 radical (unpaired) electrons. The number of carbonyl (C=O) groups excluding carboxylic acids is 1. The van der Waals surface area contributed by atoms with Gasteiger partial charge in [0.25, 0.3) is 5.91 Å². The molecule has 0 saturated heterocycles. The number of nitrogens with zero attached hydrogens (tertiary/aromatic N) is 5. The second-order valence-electron chi connectivity index (χ2n) is 9.85. The van der Waals surface area contributed by atoms with Crippen LogP contribution in [0.4, 0.5) is 30.5 Å². The molecule has 0 saturated carbocycles. The lowest BCUT2D eigenvalue weighted by Gasteiger charge is -2.17. The Balaban J connectivity index is 1.60. The van der Waals surface area contributed by atoms with Crippen LogP contribution in [0.5, 0.6) is 17.4 Å². The lowest BCUT2D eigenvalue weighted by Crippen LogP contribution is -2.17. The van der Waals surface area contributed by atoms with E-state index in [0.29, 0.717) is 29.6 Å². The number of pyridine rings is 1. The molecule has 232 valence electrons. The van der Waals surface area contributed by atoms with Gasteiger partial charge in [0.1, 0.15) is 17.8 Å². The number of methoxy groups -OCH3 is 1. The highest BCUT2D eigenvalue weighted by atomic mass is 19.4. The van der Waals surface area contributed by atoms with Gasteiger partial charge in [-0.25, -0.2) is 15.0 Å². The lowest BCUT2D eigenvalue weighted by atomic mass is 10.1. The molecule has 2 aromatic carbocycles. The van der Waals surface area contributed by atoms with Gasteiger partial charge in [-0.05, 0) is 82.0 Å². The summed E-state index contributed by atoms with van der Waals surface area (Å²) in [5.74, 6) is 0.547. The van der Waals surface area contributed by atoms with Crippen LogP contribution >= 0.6 is 0 Å². The number of carbonyl (C=O) groups is 1. The third-order valence-electron chi connectivity index (χ3n) is 6.38. The van der Waals surface area contributed by atoms with Gasteiger partial charge in [0.2, 0.25) is 11.8 Å². The van der Waals surface area contributed by atoms with Crippen LogP contribution in [0.15, 0.2) is 61.1 Å². The van der Waals surface area contributed by atoms with E-state index in [0.717, 1.165) is 31.5 Å². The Morgan fingerprint density at radius 1 is 1.00 bits per heavy atom. The van der Waals surface area contributed by atoms with Crippen molar-refractivity contribution in [2.24, 2.45) is 0 Å². The minimum absolute atomic E-state index is 0.0204. The predicted octanol–water partition coefficient (Wildman–Crippen LogP) is 5.80. The molecular formula is C30H33F3N8O3. The Morgan fingerprint density at radius 3 is 2.55 bits per heavy atom. The average molecular weight is 611 g/mol. The number of halogens is 3. The molecule has 0 aliphatic rings. The molecule has 0 bridgehead atoms. The van der Waals surface area contributed by atoms with E-state index in [1.807, 2.05) is 14.1 Å². The van der Waals surface area contributed by atoms with E-state index in [1.54, 1.807) is 25.2 Å². The first kappa shape index (κ1) is 31.9. The Morgan fingerprint density at radius 2 is 1.82 bits per heavy atom. The Labute approximate surface area is 252 Å². The zero-order valence-corrected chi connectivity index (χ0v) is 24.7. The molecule has 2 aromatic heterocycles. The standard InChI is InChI=1S/C30H33F3N8O3/c1-34-29-38-18-37-26(40-29)21-8-7-14-36-28(21)44-20-10-12-25(43-4)22(17-20)27(42)39-24-16-19(30(31,32)33)9-11-23(24)35-13-5-6-15-41(2)3/h7-12,14,16-18,35H,5-6,13,15H2,1-4H3,(H,39,42)(H,34,37,38,40). The largest absolute Gasteiger partial charge is 0.496 e. The van der Waals surface area contributed by atoms with E-state index in [9.17, 15) is 18.0 Å². The molecule has 1 amide bonds. The number of hydrogen-bond acceptors (Lipinski definition) is 10. The number of alkyl halides is 3. The van der Waals surface area contributed by atoms with Gasteiger partial charge >= 0.3 is 6.18 Å². The second-order valence-corrected chi connectivity index (χ2v) is 9.85. The molecule has 0 spiro atoms. The minimum atomic E-state index is -4.60. The Bertz CT molecular complexity index is 1580. The van der Waals surface area contributed by atoms with Crippen molar-refractivity contribution in [2.75, 3.05) is 57.3 Å². The maximum absolute atomic E-state index is 13.6. The molecular weight excluding hydrogens is 577 g/mol. The van der Waals surface area contributed by atoms with Crippen molar-refractivity contribution >= 4 is 23.2 Å². The molecule has 4 rings (SSSR count). The van der Waals surface area contributed by atoms with E-state index in [1.165, 1.54) is 37.8 Å². The smallest absolute Gasteiger partial charge is 0.416 e. The topological polar surface area (TPSA) is 126 Å². The second kappa shape index (κ2) is 14.5. The van der Waals surface area contributed by atoms with E-state index < -0.39 is 17.6 Å². The molecule has 44 heavy (non-hydrogen) atoms. The molecule has 11 nitrogen and oxygen atoms in total. The van der Waals surface area contributed by atoms with Crippen molar-refractivity contribution < 1.29 is 27.4 Å². The number of ether oxygens (including phenoxy) is 2. The first-order valence-corrected chi connectivity index (χ1v) is 13.7. The highest BCUT2D eigenvalue weighted by Gasteiger charge is 2.31. The summed E-state index contributed by atoms with van der Waals surface area (Å²) in [7, 11) is 6.99. The summed E-state index contributed by atoms with van der Waals surface area (Å²) in [6.45, 7) is 1.39. The number of rotatable bonds is 13. The summed E-state index contributed by atoms with van der Waals surface area (Å²) in [6.07, 6.45) is -0.0350. The van der Waals surface area contributed by atoms with Crippen LogP contribution in [0.25, 0.3) is 11.4 Å². The molecule has 4 aromatic rings. The maximum Gasteiger partial charge on any atom is 0.416 e. The number of unbranched alkanes of at least 4 members (excludes halogenated alkanes) is 1. The van der Waals surface area contributed by atoms with Crippen LogP contribution < -0.4 is 25.4 Å². The van der Waals surface area contributed by atoms with Crippen molar-refractivity contribution in [1.82, 2.24) is 24.8 Å². The maximum atomic E-state index is 13.6. The van der Waals surface area contributed by atoms with Gasteiger partial charge in [0.05, 0.1) is 35.2 Å². The molecule has 0 unspecified atom stereocenters. The fraction of sp³-hybridized carbons (Fsp3) is 0.300. The van der Waals surface area contributed by atoms with E-state index in [2.05, 4.69) is 40.8 Å². The van der Waals surface area contributed by atoms with Gasteiger partial charge in [0, 0.05) is 19.8 Å². The SMILES string of the molecule is CNc1ncnc(-c2cccnc2Oc2ccc(OC)c(C(=O)Nc3cc(C(F)(F)F)ccc3NCCCCN(C)C)c2)n1. The highest BCUT2D eigenvalue weighted by Crippen LogP contribution is 2.36. The first-order chi connectivity index (χ1) is 21.1. The Hall–Kier alpha value is -4.98. The summed E-state index contributed by atoms with van der Waals surface area (Å²) < 4.78 is 52.1. The summed E-state index contributed by atoms with van der Waals surface area (Å²) in [6, 6.07) is 11.1. The number of anilines is 3. The first-order valence-electron chi connectivity index (χ1n) is 13.7. The number of amides is 1. The summed E-state index contributed by atoms with van der Waals surface area (Å²) >= 11 is 0. The summed E-state index contributed by atoms with van der Waals surface area (Å²) in [4.78, 5) is 32.4. The fourth-order valence-electron chi connectivity index (χ4n) is 4.17. The minimum Gasteiger partial charge on any atom is -0.496 e. The van der Waals surface area contributed by atoms with Crippen LogP contribution in [0.2, 0.25) is 0 Å². The van der Waals surface area contributed by atoms with Crippen molar-refractivity contribution in [3.8, 4) is 28.8 Å². The van der Waals surface area contributed by atoms with Gasteiger partial charge in [-0.3, -0.25) is 4.79 Å². The van der Waals surface area contributed by atoms with Crippen LogP contribution in [-0.4, -0.2) is 72.1 Å². The predicted molar refractivity (Wildman–Crippen MR) is 161 cm³/mol. The van der Waals surface area contributed by atoms with Crippen molar-refractivity contribution in [2.45, 2.75) is 19.0 Å². The van der Waals surface area contributed by atoms with Gasteiger partial charge in [-0.1, -0.05) is 0 Å². The number of hydrogen-bond donors (Lipinski definition) is 3. The molecule has 2 heterocycles. The van der Waals surface area contributed by atoms with Gasteiger partial charge < -0.3 is 30.3 Å². The van der Waals surface area contributed by atoms with Gasteiger partial charge in [-0.15, -0.1) is 0 Å². The van der Waals surface area contributed by atoms with E-state index in [-0.39, 0.29) is 28.6 Å². The van der Waals surface area contributed by atoms with Crippen molar-refractivity contribution in [1.29, 1.82) is 0 Å². The number of benzene rings is 2. The highest BCUT2D eigenvalue weighted by molar-refractivity contribution is 6.08.